The van der Waals surface area contributed by atoms with Crippen LogP contribution in [0.5, 0.6) is 0 Å². The number of hydrogen-bond donors (Lipinski definition) is 1. The Morgan fingerprint density at radius 3 is 2.25 bits per heavy atom. The maximum Gasteiger partial charge on any atom is 0.174 e. The summed E-state index contributed by atoms with van der Waals surface area (Å²) in [5.74, 6) is 0. The molecule has 1 aliphatic heterocycles. The van der Waals surface area contributed by atoms with Crippen molar-refractivity contribution in [1.29, 1.82) is 0 Å². The zero-order valence-corrected chi connectivity index (χ0v) is 19.3. The van der Waals surface area contributed by atoms with Crippen LogP contribution in [0, 0.1) is 20.8 Å². The molecule has 0 radical (unpaired) electrons. The number of aromatic nitrogens is 2. The fourth-order valence-corrected chi connectivity index (χ4v) is 4.94. The number of nitrogens with one attached hydrogen (secondary N) is 1. The molecule has 160 valence electrons. The molecule has 0 spiro atoms. The van der Waals surface area contributed by atoms with Crippen LogP contribution in [0.25, 0.3) is 5.69 Å². The lowest BCUT2D eigenvalue weighted by Gasteiger charge is -2.29. The zero-order chi connectivity index (χ0) is 22.2. The van der Waals surface area contributed by atoms with E-state index in [0.29, 0.717) is 5.11 Å². The SMILES string of the molecule is Cc1ccc(-n2cccc2[C@@H]2[C@@H](c3ccccn3)NC(=S)N2c2cc(C)cc(C)c2)cc1. The highest BCUT2D eigenvalue weighted by atomic mass is 32.1. The average Bonchev–Trinajstić information content (AvgIpc) is 3.38. The number of anilines is 1. The first-order valence-corrected chi connectivity index (χ1v) is 11.3. The summed E-state index contributed by atoms with van der Waals surface area (Å²) in [5.41, 5.74) is 8.05. The first-order chi connectivity index (χ1) is 15.5. The van der Waals surface area contributed by atoms with Gasteiger partial charge in [-0.15, -0.1) is 0 Å². The smallest absolute Gasteiger partial charge is 0.174 e. The highest BCUT2D eigenvalue weighted by Gasteiger charge is 2.42. The van der Waals surface area contributed by atoms with Crippen LogP contribution in [0.1, 0.15) is 40.2 Å². The monoisotopic (exact) mass is 438 g/mol. The summed E-state index contributed by atoms with van der Waals surface area (Å²) in [4.78, 5) is 6.92. The summed E-state index contributed by atoms with van der Waals surface area (Å²) < 4.78 is 2.26. The fourth-order valence-electron chi connectivity index (χ4n) is 4.60. The van der Waals surface area contributed by atoms with E-state index in [1.54, 1.807) is 0 Å². The van der Waals surface area contributed by atoms with Crippen molar-refractivity contribution in [3.05, 3.63) is 113 Å². The molecule has 4 nitrogen and oxygen atoms in total. The average molecular weight is 439 g/mol. The van der Waals surface area contributed by atoms with Crippen molar-refractivity contribution in [3.63, 3.8) is 0 Å². The number of pyridine rings is 1. The molecular formula is C27H26N4S. The number of nitrogens with zero attached hydrogens (tertiary/aromatic N) is 3. The lowest BCUT2D eigenvalue weighted by Crippen LogP contribution is -2.30. The van der Waals surface area contributed by atoms with Gasteiger partial charge in [0.1, 0.15) is 6.04 Å². The van der Waals surface area contributed by atoms with E-state index in [4.69, 9.17) is 12.2 Å². The van der Waals surface area contributed by atoms with Gasteiger partial charge in [-0.2, -0.15) is 0 Å². The molecule has 1 fully saturated rings. The molecule has 32 heavy (non-hydrogen) atoms. The highest BCUT2D eigenvalue weighted by Crippen LogP contribution is 2.42. The minimum atomic E-state index is -0.0661. The molecule has 5 rings (SSSR count). The molecular weight excluding hydrogens is 412 g/mol. The Balaban J connectivity index is 1.68. The normalized spacial score (nSPS) is 18.1. The minimum Gasteiger partial charge on any atom is -0.351 e. The van der Waals surface area contributed by atoms with E-state index in [9.17, 15) is 0 Å². The maximum atomic E-state index is 5.89. The van der Waals surface area contributed by atoms with Crippen molar-refractivity contribution in [1.82, 2.24) is 14.9 Å². The van der Waals surface area contributed by atoms with Crippen LogP contribution in [0.4, 0.5) is 5.69 Å². The van der Waals surface area contributed by atoms with Crippen molar-refractivity contribution >= 4 is 23.0 Å². The van der Waals surface area contributed by atoms with E-state index in [1.807, 2.05) is 18.3 Å². The summed E-state index contributed by atoms with van der Waals surface area (Å²) >= 11 is 5.89. The van der Waals surface area contributed by atoms with Crippen LogP contribution in [0.3, 0.4) is 0 Å². The predicted octanol–water partition coefficient (Wildman–Crippen LogP) is 5.97. The van der Waals surface area contributed by atoms with E-state index in [1.165, 1.54) is 16.7 Å². The van der Waals surface area contributed by atoms with Crippen LogP contribution in [-0.4, -0.2) is 14.7 Å². The quantitative estimate of drug-likeness (QED) is 0.398. The van der Waals surface area contributed by atoms with Gasteiger partial charge in [-0.25, -0.2) is 0 Å². The van der Waals surface area contributed by atoms with Crippen molar-refractivity contribution < 1.29 is 0 Å². The molecule has 1 aliphatic rings. The van der Waals surface area contributed by atoms with Gasteiger partial charge >= 0.3 is 0 Å². The predicted molar refractivity (Wildman–Crippen MR) is 134 cm³/mol. The molecule has 5 heteroatoms. The Morgan fingerprint density at radius 1 is 0.812 bits per heavy atom. The summed E-state index contributed by atoms with van der Waals surface area (Å²) in [6.07, 6.45) is 3.96. The Bertz CT molecular complexity index is 1240. The van der Waals surface area contributed by atoms with Gasteiger partial charge in [0.25, 0.3) is 0 Å². The van der Waals surface area contributed by atoms with Crippen LogP contribution in [0.15, 0.2) is 85.2 Å². The molecule has 1 saturated heterocycles. The van der Waals surface area contributed by atoms with Gasteiger partial charge in [0.05, 0.1) is 11.7 Å². The zero-order valence-electron chi connectivity index (χ0n) is 18.5. The second kappa shape index (κ2) is 8.24. The van der Waals surface area contributed by atoms with E-state index < -0.39 is 0 Å². The van der Waals surface area contributed by atoms with Gasteiger partial charge in [-0.3, -0.25) is 4.98 Å². The Labute approximate surface area is 194 Å². The lowest BCUT2D eigenvalue weighted by atomic mass is 10.00. The third-order valence-electron chi connectivity index (χ3n) is 5.98. The van der Waals surface area contributed by atoms with Crippen LogP contribution >= 0.6 is 12.2 Å². The van der Waals surface area contributed by atoms with Crippen LogP contribution < -0.4 is 10.2 Å². The third kappa shape index (κ3) is 3.69. The first-order valence-electron chi connectivity index (χ1n) is 10.8. The molecule has 0 aliphatic carbocycles. The van der Waals surface area contributed by atoms with Crippen LogP contribution in [-0.2, 0) is 0 Å². The van der Waals surface area contributed by atoms with Gasteiger partial charge in [0.2, 0.25) is 0 Å². The number of rotatable bonds is 4. The molecule has 2 atom stereocenters. The molecule has 4 aromatic rings. The van der Waals surface area contributed by atoms with Crippen molar-refractivity contribution in [2.45, 2.75) is 32.9 Å². The number of aryl methyl sites for hydroxylation is 3. The topological polar surface area (TPSA) is 33.1 Å². The first kappa shape index (κ1) is 20.5. The maximum absolute atomic E-state index is 5.89. The summed E-state index contributed by atoms with van der Waals surface area (Å²) in [6.45, 7) is 6.37. The molecule has 2 aromatic carbocycles. The van der Waals surface area contributed by atoms with Gasteiger partial charge in [0, 0.05) is 29.5 Å². The molecule has 0 unspecified atom stereocenters. The molecule has 0 bridgehead atoms. The van der Waals surface area contributed by atoms with E-state index in [-0.39, 0.29) is 12.1 Å². The second-order valence-electron chi connectivity index (χ2n) is 8.48. The molecule has 2 aromatic heterocycles. The fraction of sp³-hybridized carbons (Fsp3) is 0.185. The van der Waals surface area contributed by atoms with Gasteiger partial charge in [-0.1, -0.05) is 29.8 Å². The largest absolute Gasteiger partial charge is 0.351 e. The summed E-state index contributed by atoms with van der Waals surface area (Å²) in [7, 11) is 0. The van der Waals surface area contributed by atoms with Crippen molar-refractivity contribution in [2.75, 3.05) is 4.90 Å². The van der Waals surface area contributed by atoms with Gasteiger partial charge in [-0.05, 0) is 92.6 Å². The van der Waals surface area contributed by atoms with Crippen LogP contribution in [0.2, 0.25) is 0 Å². The van der Waals surface area contributed by atoms with Crippen molar-refractivity contribution in [3.8, 4) is 5.69 Å². The Kier molecular flexibility index (Phi) is 5.27. The Morgan fingerprint density at radius 2 is 1.56 bits per heavy atom. The number of thiocarbonyl (C=S) groups is 1. The lowest BCUT2D eigenvalue weighted by molar-refractivity contribution is 0.549. The van der Waals surface area contributed by atoms with Crippen molar-refractivity contribution in [2.24, 2.45) is 0 Å². The highest BCUT2D eigenvalue weighted by molar-refractivity contribution is 7.80. The minimum absolute atomic E-state index is 0.0464. The summed E-state index contributed by atoms with van der Waals surface area (Å²) in [5, 5.41) is 4.28. The molecule has 0 saturated carbocycles. The number of hydrogen-bond acceptors (Lipinski definition) is 2. The second-order valence-corrected chi connectivity index (χ2v) is 8.87. The summed E-state index contributed by atoms with van der Waals surface area (Å²) in [6, 6.07) is 25.4. The molecule has 0 amide bonds. The van der Waals surface area contributed by atoms with E-state index in [0.717, 1.165) is 22.8 Å². The Hall–Kier alpha value is -3.44. The third-order valence-corrected chi connectivity index (χ3v) is 6.29. The van der Waals surface area contributed by atoms with E-state index in [2.05, 4.69) is 107 Å². The standard InChI is InChI=1S/C27H26N4S/c1-18-9-11-21(12-10-18)30-14-6-8-24(30)26-25(23-7-4-5-13-28-23)29-27(32)31(26)22-16-19(2)15-20(3)17-22/h4-17,25-26H,1-3H3,(H,29,32)/t25-,26-/m1/s1. The van der Waals surface area contributed by atoms with Gasteiger partial charge < -0.3 is 14.8 Å². The van der Waals surface area contributed by atoms with E-state index >= 15 is 0 Å². The number of benzene rings is 2. The molecule has 3 heterocycles. The van der Waals surface area contributed by atoms with Gasteiger partial charge in [0.15, 0.2) is 5.11 Å². The molecule has 1 N–H and O–H groups in total.